The molecule has 35 heavy (non-hydrogen) atoms. The lowest BCUT2D eigenvalue weighted by atomic mass is 10.3. The van der Waals surface area contributed by atoms with Crippen LogP contribution in [0, 0.1) is 0 Å². The van der Waals surface area contributed by atoms with Gasteiger partial charge in [-0.15, -0.1) is 23.4 Å². The number of aromatic nitrogens is 2. The highest BCUT2D eigenvalue weighted by molar-refractivity contribution is 7.89. The van der Waals surface area contributed by atoms with E-state index >= 15 is 0 Å². The lowest BCUT2D eigenvalue weighted by Crippen LogP contribution is -2.49. The Bertz CT molecular complexity index is 1090. The smallest absolute Gasteiger partial charge is 0.404 e. The zero-order chi connectivity index (χ0) is 25.1. The zero-order valence-electron chi connectivity index (χ0n) is 18.9. The van der Waals surface area contributed by atoms with E-state index in [2.05, 4.69) is 24.7 Å². The van der Waals surface area contributed by atoms with Crippen LogP contribution in [0.3, 0.4) is 0 Å². The van der Waals surface area contributed by atoms with E-state index in [1.807, 2.05) is 17.0 Å². The summed E-state index contributed by atoms with van der Waals surface area (Å²) < 4.78 is 69.3. The van der Waals surface area contributed by atoms with Crippen LogP contribution in [0.25, 0.3) is 0 Å². The van der Waals surface area contributed by atoms with Crippen molar-refractivity contribution in [2.24, 2.45) is 0 Å². The first-order valence-corrected chi connectivity index (χ1v) is 12.6. The summed E-state index contributed by atoms with van der Waals surface area (Å²) in [6.07, 6.45) is -5.00. The Kier molecular flexibility index (Phi) is 7.64. The molecule has 0 amide bonds. The van der Waals surface area contributed by atoms with Crippen molar-refractivity contribution in [1.29, 1.82) is 0 Å². The molecule has 0 aliphatic carbocycles. The van der Waals surface area contributed by atoms with E-state index in [4.69, 9.17) is 5.11 Å². The molecule has 14 heteroatoms. The second-order valence-corrected chi connectivity index (χ2v) is 10.1. The quantitative estimate of drug-likeness (QED) is 0.578. The number of sulfonamides is 1. The standard InChI is InChI=1S/C21H27F3N6O4S/c22-21(23,24)34-17-3-1-2-4-18(17)35(32,33)30-13-11-29(12-14-30)20-6-5-19(25-26-20)28-9-7-27(8-10-28)15-16-31/h1-6,31H,7-16H2. The van der Waals surface area contributed by atoms with Crippen molar-refractivity contribution in [2.75, 3.05) is 75.3 Å². The fraction of sp³-hybridized carbons (Fsp3) is 0.524. The molecule has 3 heterocycles. The van der Waals surface area contributed by atoms with Crippen molar-refractivity contribution < 1.29 is 31.4 Å². The Balaban J connectivity index is 1.37. The monoisotopic (exact) mass is 516 g/mol. The van der Waals surface area contributed by atoms with Gasteiger partial charge in [-0.2, -0.15) is 4.31 Å². The van der Waals surface area contributed by atoms with Crippen LogP contribution in [-0.4, -0.2) is 105 Å². The van der Waals surface area contributed by atoms with E-state index in [0.29, 0.717) is 25.5 Å². The number of benzene rings is 1. The van der Waals surface area contributed by atoms with Crippen molar-refractivity contribution in [3.63, 3.8) is 0 Å². The highest BCUT2D eigenvalue weighted by Crippen LogP contribution is 2.32. The van der Waals surface area contributed by atoms with Crippen LogP contribution < -0.4 is 14.5 Å². The Morgan fingerprint density at radius 2 is 1.40 bits per heavy atom. The summed E-state index contributed by atoms with van der Waals surface area (Å²) in [5.41, 5.74) is 0. The molecule has 2 aliphatic rings. The maximum absolute atomic E-state index is 13.0. The number of ether oxygens (including phenoxy) is 1. The van der Waals surface area contributed by atoms with Crippen molar-refractivity contribution in [1.82, 2.24) is 19.4 Å². The van der Waals surface area contributed by atoms with Crippen LogP contribution in [0.4, 0.5) is 24.8 Å². The molecule has 192 valence electrons. The fourth-order valence-electron chi connectivity index (χ4n) is 4.17. The molecule has 0 unspecified atom stereocenters. The first-order chi connectivity index (χ1) is 16.7. The van der Waals surface area contributed by atoms with Gasteiger partial charge in [0.15, 0.2) is 11.6 Å². The summed E-state index contributed by atoms with van der Waals surface area (Å²) in [5, 5.41) is 17.7. The van der Waals surface area contributed by atoms with E-state index in [1.165, 1.54) is 12.1 Å². The number of aliphatic hydroxyl groups excluding tert-OH is 1. The van der Waals surface area contributed by atoms with E-state index in [-0.39, 0.29) is 19.7 Å². The fourth-order valence-corrected chi connectivity index (χ4v) is 5.70. The Morgan fingerprint density at radius 1 is 0.857 bits per heavy atom. The zero-order valence-corrected chi connectivity index (χ0v) is 19.7. The van der Waals surface area contributed by atoms with Gasteiger partial charge in [-0.3, -0.25) is 4.90 Å². The number of anilines is 2. The SMILES string of the molecule is O=S(=O)(c1ccccc1OC(F)(F)F)N1CCN(c2ccc(N3CCN(CCO)CC3)nn2)CC1. The van der Waals surface area contributed by atoms with E-state index in [9.17, 15) is 21.6 Å². The van der Waals surface area contributed by atoms with Gasteiger partial charge in [-0.05, 0) is 24.3 Å². The lowest BCUT2D eigenvalue weighted by molar-refractivity contribution is -0.275. The normalized spacial score (nSPS) is 18.6. The van der Waals surface area contributed by atoms with Gasteiger partial charge in [0.1, 0.15) is 10.6 Å². The van der Waals surface area contributed by atoms with Gasteiger partial charge in [-0.25, -0.2) is 8.42 Å². The summed E-state index contributed by atoms with van der Waals surface area (Å²) >= 11 is 0. The molecule has 2 aliphatic heterocycles. The Hall–Kier alpha value is -2.68. The number of rotatable bonds is 7. The van der Waals surface area contributed by atoms with Crippen LogP contribution in [0.2, 0.25) is 0 Å². The molecule has 0 bridgehead atoms. The van der Waals surface area contributed by atoms with Crippen LogP contribution in [0.5, 0.6) is 5.75 Å². The first kappa shape index (κ1) is 25.4. The molecule has 2 fully saturated rings. The van der Waals surface area contributed by atoms with Crippen molar-refractivity contribution in [2.45, 2.75) is 11.3 Å². The third-order valence-corrected chi connectivity index (χ3v) is 7.94. The number of halogens is 3. The molecule has 1 aromatic heterocycles. The highest BCUT2D eigenvalue weighted by Gasteiger charge is 2.36. The minimum absolute atomic E-state index is 0.0823. The molecular formula is C21H27F3N6O4S. The number of para-hydroxylation sites is 1. The molecule has 0 spiro atoms. The molecule has 2 aromatic rings. The van der Waals surface area contributed by atoms with Gasteiger partial charge in [0, 0.05) is 58.9 Å². The third-order valence-electron chi connectivity index (χ3n) is 6.00. The number of aliphatic hydroxyl groups is 1. The summed E-state index contributed by atoms with van der Waals surface area (Å²) in [7, 11) is -4.18. The highest BCUT2D eigenvalue weighted by atomic mass is 32.2. The second kappa shape index (κ2) is 10.5. The number of β-amino-alcohol motifs (C(OH)–C–C–N with tert-alkyl or cyclic N) is 1. The molecule has 1 N–H and O–H groups in total. The second-order valence-electron chi connectivity index (χ2n) is 8.19. The van der Waals surface area contributed by atoms with Gasteiger partial charge in [0.2, 0.25) is 10.0 Å². The van der Waals surface area contributed by atoms with Crippen LogP contribution >= 0.6 is 0 Å². The summed E-state index contributed by atoms with van der Waals surface area (Å²) in [4.78, 5) is 5.67. The van der Waals surface area contributed by atoms with Gasteiger partial charge in [-0.1, -0.05) is 12.1 Å². The topological polar surface area (TPSA) is 102 Å². The molecule has 0 radical (unpaired) electrons. The van der Waals surface area contributed by atoms with Gasteiger partial charge < -0.3 is 19.6 Å². The van der Waals surface area contributed by atoms with E-state index < -0.39 is 27.0 Å². The molecule has 0 saturated carbocycles. The molecule has 1 aromatic carbocycles. The summed E-state index contributed by atoms with van der Waals surface area (Å²) in [5.74, 6) is 0.603. The lowest BCUT2D eigenvalue weighted by Gasteiger charge is -2.36. The number of hydrogen-bond donors (Lipinski definition) is 1. The third kappa shape index (κ3) is 6.12. The average Bonchev–Trinajstić information content (AvgIpc) is 2.84. The van der Waals surface area contributed by atoms with Gasteiger partial charge in [0.25, 0.3) is 0 Å². The predicted molar refractivity (Wildman–Crippen MR) is 122 cm³/mol. The van der Waals surface area contributed by atoms with Crippen LogP contribution in [0.1, 0.15) is 0 Å². The predicted octanol–water partition coefficient (Wildman–Crippen LogP) is 1.00. The average molecular weight is 517 g/mol. The minimum atomic E-state index is -5.00. The number of hydrogen-bond acceptors (Lipinski definition) is 9. The Labute approximate surface area is 201 Å². The molecule has 4 rings (SSSR count). The van der Waals surface area contributed by atoms with Gasteiger partial charge >= 0.3 is 6.36 Å². The molecule has 10 nitrogen and oxygen atoms in total. The Morgan fingerprint density at radius 3 is 1.91 bits per heavy atom. The molecule has 2 saturated heterocycles. The number of alkyl halides is 3. The van der Waals surface area contributed by atoms with Crippen LogP contribution in [0.15, 0.2) is 41.3 Å². The van der Waals surface area contributed by atoms with Crippen molar-refractivity contribution in [3.05, 3.63) is 36.4 Å². The van der Waals surface area contributed by atoms with Crippen molar-refractivity contribution >= 4 is 21.7 Å². The summed E-state index contributed by atoms with van der Waals surface area (Å²) in [6.45, 7) is 4.81. The van der Waals surface area contributed by atoms with Crippen LogP contribution in [-0.2, 0) is 10.0 Å². The van der Waals surface area contributed by atoms with Gasteiger partial charge in [0.05, 0.1) is 6.61 Å². The molecule has 0 atom stereocenters. The van der Waals surface area contributed by atoms with E-state index in [0.717, 1.165) is 48.4 Å². The largest absolute Gasteiger partial charge is 0.573 e. The van der Waals surface area contributed by atoms with Crippen molar-refractivity contribution in [3.8, 4) is 5.75 Å². The number of piperazine rings is 2. The minimum Gasteiger partial charge on any atom is -0.404 e. The van der Waals surface area contributed by atoms with E-state index in [1.54, 1.807) is 0 Å². The first-order valence-electron chi connectivity index (χ1n) is 11.2. The maximum atomic E-state index is 13.0. The number of nitrogens with zero attached hydrogens (tertiary/aromatic N) is 6. The summed E-state index contributed by atoms with van der Waals surface area (Å²) in [6, 6.07) is 8.44. The maximum Gasteiger partial charge on any atom is 0.573 e. The molecular weight excluding hydrogens is 489 g/mol.